The Labute approximate surface area is 214 Å². The molecule has 0 bridgehead atoms. The average molecular weight is 550 g/mol. The molecule has 1 amide bonds. The van der Waals surface area contributed by atoms with Crippen LogP contribution in [0.15, 0.2) is 106 Å². The highest BCUT2D eigenvalue weighted by Gasteiger charge is 2.32. The van der Waals surface area contributed by atoms with Crippen molar-refractivity contribution in [2.24, 2.45) is 0 Å². The van der Waals surface area contributed by atoms with Crippen molar-refractivity contribution in [1.29, 1.82) is 0 Å². The monoisotopic (exact) mass is 549 g/mol. The first-order chi connectivity index (χ1) is 16.8. The molecule has 0 saturated heterocycles. The highest BCUT2D eigenvalue weighted by atomic mass is 79.9. The minimum atomic E-state index is -4.16. The van der Waals surface area contributed by atoms with Gasteiger partial charge < -0.3 is 4.74 Å². The van der Waals surface area contributed by atoms with E-state index in [0.717, 1.165) is 21.0 Å². The Hall–Kier alpha value is -3.42. The Balaban J connectivity index is 1.64. The summed E-state index contributed by atoms with van der Waals surface area (Å²) in [6.45, 7) is 3.17. The maximum absolute atomic E-state index is 13.6. The zero-order valence-electron chi connectivity index (χ0n) is 19.3. The first-order valence-corrected chi connectivity index (χ1v) is 13.2. The maximum Gasteiger partial charge on any atom is 0.278 e. The van der Waals surface area contributed by atoms with Crippen LogP contribution in [0.25, 0.3) is 11.1 Å². The van der Waals surface area contributed by atoms with E-state index in [-0.39, 0.29) is 4.90 Å². The molecule has 0 atom stereocenters. The molecule has 0 aliphatic heterocycles. The fraction of sp³-hybridized carbons (Fsp3) is 0.107. The normalized spacial score (nSPS) is 11.2. The molecule has 0 spiro atoms. The lowest BCUT2D eigenvalue weighted by molar-refractivity contribution is -0.119. The van der Waals surface area contributed by atoms with E-state index < -0.39 is 22.5 Å². The molecule has 0 saturated carbocycles. The van der Waals surface area contributed by atoms with Crippen LogP contribution in [0.3, 0.4) is 0 Å². The van der Waals surface area contributed by atoms with Crippen LogP contribution in [0.5, 0.6) is 5.75 Å². The summed E-state index contributed by atoms with van der Waals surface area (Å²) in [4.78, 5) is 13.4. The third-order valence-electron chi connectivity index (χ3n) is 5.48. The van der Waals surface area contributed by atoms with Crippen molar-refractivity contribution in [3.8, 4) is 16.9 Å². The number of hydrogen-bond acceptors (Lipinski definition) is 4. The molecule has 4 aromatic rings. The molecule has 0 aromatic heterocycles. The molecule has 7 heteroatoms. The summed E-state index contributed by atoms with van der Waals surface area (Å²) in [6, 6.07) is 28.7. The molecule has 0 fully saturated rings. The zero-order valence-corrected chi connectivity index (χ0v) is 21.7. The summed E-state index contributed by atoms with van der Waals surface area (Å²) >= 11 is 3.51. The molecule has 0 aliphatic carbocycles. The number of carbonyl (C=O) groups is 1. The van der Waals surface area contributed by atoms with E-state index >= 15 is 0 Å². The first kappa shape index (κ1) is 24.7. The Kier molecular flexibility index (Phi) is 7.38. The summed E-state index contributed by atoms with van der Waals surface area (Å²) in [7, 11) is -4.16. The van der Waals surface area contributed by atoms with Gasteiger partial charge in [-0.15, -0.1) is 0 Å². The van der Waals surface area contributed by atoms with Crippen molar-refractivity contribution in [1.82, 2.24) is 0 Å². The largest absolute Gasteiger partial charge is 0.483 e. The average Bonchev–Trinajstić information content (AvgIpc) is 2.86. The van der Waals surface area contributed by atoms with E-state index in [1.807, 2.05) is 55.5 Å². The van der Waals surface area contributed by atoms with Crippen LogP contribution >= 0.6 is 15.9 Å². The van der Waals surface area contributed by atoms with Crippen molar-refractivity contribution >= 4 is 37.5 Å². The summed E-state index contributed by atoms with van der Waals surface area (Å²) in [5.41, 5.74) is 3.84. The molecule has 35 heavy (non-hydrogen) atoms. The predicted octanol–water partition coefficient (Wildman–Crippen LogP) is 6.53. The minimum Gasteiger partial charge on any atom is -0.483 e. The summed E-state index contributed by atoms with van der Waals surface area (Å²) in [5.74, 6) is -0.252. The van der Waals surface area contributed by atoms with Gasteiger partial charge in [0.25, 0.3) is 15.9 Å². The maximum atomic E-state index is 13.6. The fourth-order valence-electron chi connectivity index (χ4n) is 3.66. The number of rotatable bonds is 7. The molecule has 0 heterocycles. The van der Waals surface area contributed by atoms with Crippen molar-refractivity contribution < 1.29 is 17.9 Å². The van der Waals surface area contributed by atoms with Crippen molar-refractivity contribution in [2.75, 3.05) is 10.9 Å². The molecule has 0 unspecified atom stereocenters. The number of carbonyl (C=O) groups excluding carboxylic acids is 1. The van der Waals surface area contributed by atoms with E-state index in [4.69, 9.17) is 4.74 Å². The van der Waals surface area contributed by atoms with Gasteiger partial charge >= 0.3 is 0 Å². The van der Waals surface area contributed by atoms with Gasteiger partial charge in [0.05, 0.1) is 15.1 Å². The van der Waals surface area contributed by atoms with Gasteiger partial charge in [-0.1, -0.05) is 66.7 Å². The number of nitrogens with zero attached hydrogens (tertiary/aromatic N) is 1. The van der Waals surface area contributed by atoms with Gasteiger partial charge in [0.1, 0.15) is 5.75 Å². The topological polar surface area (TPSA) is 63.7 Å². The molecule has 0 N–H and O–H groups in total. The van der Waals surface area contributed by atoms with Gasteiger partial charge in [-0.25, -0.2) is 8.42 Å². The molecule has 4 aromatic carbocycles. The first-order valence-electron chi connectivity index (χ1n) is 11.0. The third kappa shape index (κ3) is 5.47. The third-order valence-corrected chi connectivity index (χ3v) is 7.85. The molecule has 178 valence electrons. The number of halogens is 1. The number of benzene rings is 4. The number of hydrogen-bond donors (Lipinski definition) is 0. The van der Waals surface area contributed by atoms with E-state index in [0.29, 0.717) is 21.5 Å². The Morgan fingerprint density at radius 1 is 0.829 bits per heavy atom. The van der Waals surface area contributed by atoms with Gasteiger partial charge in [-0.3, -0.25) is 4.79 Å². The summed E-state index contributed by atoms with van der Waals surface area (Å²) in [5, 5.41) is 0. The van der Waals surface area contributed by atoms with Crippen molar-refractivity contribution in [2.45, 2.75) is 18.7 Å². The lowest BCUT2D eigenvalue weighted by Gasteiger charge is -2.25. The van der Waals surface area contributed by atoms with Crippen LogP contribution in [-0.4, -0.2) is 20.9 Å². The van der Waals surface area contributed by atoms with Crippen LogP contribution in [0, 0.1) is 13.8 Å². The Morgan fingerprint density at radius 3 is 2.14 bits per heavy atom. The van der Waals surface area contributed by atoms with Crippen LogP contribution in [-0.2, 0) is 14.8 Å². The van der Waals surface area contributed by atoms with Gasteiger partial charge in [0, 0.05) is 0 Å². The lowest BCUT2D eigenvalue weighted by Crippen LogP contribution is -2.40. The molecular weight excluding hydrogens is 526 g/mol. The number of anilines is 1. The van der Waals surface area contributed by atoms with E-state index in [2.05, 4.69) is 15.9 Å². The van der Waals surface area contributed by atoms with Crippen LogP contribution in [0.4, 0.5) is 5.69 Å². The second-order valence-corrected chi connectivity index (χ2v) is 10.7. The fourth-order valence-corrected chi connectivity index (χ4v) is 5.64. The quantitative estimate of drug-likeness (QED) is 0.262. The molecule has 4 rings (SSSR count). The molecule has 0 radical (unpaired) electrons. The molecular formula is C28H24BrNO4S. The number of sulfonamides is 1. The summed E-state index contributed by atoms with van der Waals surface area (Å²) in [6.07, 6.45) is 0. The smallest absolute Gasteiger partial charge is 0.278 e. The van der Waals surface area contributed by atoms with E-state index in [1.165, 1.54) is 12.1 Å². The van der Waals surface area contributed by atoms with Gasteiger partial charge in [-0.05, 0) is 82.4 Å². The second kappa shape index (κ2) is 10.5. The minimum absolute atomic E-state index is 0.0302. The van der Waals surface area contributed by atoms with Crippen molar-refractivity contribution in [3.05, 3.63) is 113 Å². The second-order valence-electron chi connectivity index (χ2n) is 8.07. The molecule has 5 nitrogen and oxygen atoms in total. The van der Waals surface area contributed by atoms with Gasteiger partial charge in [-0.2, -0.15) is 4.31 Å². The van der Waals surface area contributed by atoms with E-state index in [1.54, 1.807) is 43.3 Å². The van der Waals surface area contributed by atoms with Gasteiger partial charge in [0.2, 0.25) is 0 Å². The lowest BCUT2D eigenvalue weighted by atomic mass is 10.1. The standard InChI is InChI=1S/C28H24BrNO4S/c1-20-13-14-21(2)26(17-20)30(35(32,33)24-11-7-4-8-12-24)28(31)19-34-27-16-15-23(18-25(27)29)22-9-5-3-6-10-22/h3-18H,19H2,1-2H3. The molecule has 0 aliphatic rings. The van der Waals surface area contributed by atoms with Crippen LogP contribution in [0.1, 0.15) is 11.1 Å². The summed E-state index contributed by atoms with van der Waals surface area (Å²) < 4.78 is 34.4. The van der Waals surface area contributed by atoms with E-state index in [9.17, 15) is 13.2 Å². The predicted molar refractivity (Wildman–Crippen MR) is 142 cm³/mol. The Morgan fingerprint density at radius 2 is 1.49 bits per heavy atom. The van der Waals surface area contributed by atoms with Crippen molar-refractivity contribution in [3.63, 3.8) is 0 Å². The highest BCUT2D eigenvalue weighted by Crippen LogP contribution is 2.32. The van der Waals surface area contributed by atoms with Gasteiger partial charge in [0.15, 0.2) is 6.61 Å². The number of amides is 1. The highest BCUT2D eigenvalue weighted by molar-refractivity contribution is 9.10. The van der Waals surface area contributed by atoms with Crippen LogP contribution in [0.2, 0.25) is 0 Å². The number of ether oxygens (including phenoxy) is 1. The van der Waals surface area contributed by atoms with Crippen LogP contribution < -0.4 is 9.04 Å². The Bertz CT molecular complexity index is 1460. The zero-order chi connectivity index (χ0) is 25.0. The number of aryl methyl sites for hydroxylation is 2. The SMILES string of the molecule is Cc1ccc(C)c(N(C(=O)COc2ccc(-c3ccccc3)cc2Br)S(=O)(=O)c2ccccc2)c1.